The Bertz CT molecular complexity index is 1110. The predicted octanol–water partition coefficient (Wildman–Crippen LogP) is 2.95. The van der Waals surface area contributed by atoms with Gasteiger partial charge in [0.05, 0.1) is 0 Å². The number of nitrogens with zero attached hydrogens (tertiary/aromatic N) is 4. The van der Waals surface area contributed by atoms with Gasteiger partial charge in [-0.25, -0.2) is 17.2 Å². The summed E-state index contributed by atoms with van der Waals surface area (Å²) in [7, 11) is -4.21. The van der Waals surface area contributed by atoms with Crippen LogP contribution in [-0.2, 0) is 16.4 Å². The fourth-order valence-corrected chi connectivity index (χ4v) is 5.10. The van der Waals surface area contributed by atoms with Gasteiger partial charge in [-0.05, 0) is 25.1 Å². The topological polar surface area (TPSA) is 79.5 Å². The Balaban J connectivity index is 1.28. The number of benzene rings is 2. The highest BCUT2D eigenvalue weighted by Crippen LogP contribution is 2.23. The van der Waals surface area contributed by atoms with Crippen molar-refractivity contribution in [3.63, 3.8) is 0 Å². The Morgan fingerprint density at radius 2 is 1.61 bits per heavy atom. The molecule has 1 aliphatic heterocycles. The molecular weight excluding hydrogens is 426 g/mol. The SMILES string of the molecule is O=S(=O)(c1c(F)cccc1F)N1CCN(CCCc2nc(-c3ccccc3)no2)CC1. The van der Waals surface area contributed by atoms with Crippen molar-refractivity contribution in [1.82, 2.24) is 19.3 Å². The monoisotopic (exact) mass is 448 g/mol. The van der Waals surface area contributed by atoms with Crippen LogP contribution in [0, 0.1) is 11.6 Å². The number of hydrogen-bond donors (Lipinski definition) is 0. The quantitative estimate of drug-likeness (QED) is 0.553. The summed E-state index contributed by atoms with van der Waals surface area (Å²) in [5.41, 5.74) is 0.890. The molecule has 3 aromatic rings. The van der Waals surface area contributed by atoms with E-state index in [1.54, 1.807) is 0 Å². The Hall–Kier alpha value is -2.69. The van der Waals surface area contributed by atoms with E-state index in [4.69, 9.17) is 4.52 Å². The highest BCUT2D eigenvalue weighted by Gasteiger charge is 2.32. The summed E-state index contributed by atoms with van der Waals surface area (Å²) < 4.78 is 59.6. The second kappa shape index (κ2) is 9.21. The van der Waals surface area contributed by atoms with Gasteiger partial charge in [-0.1, -0.05) is 41.6 Å². The third-order valence-electron chi connectivity index (χ3n) is 5.21. The number of hydrogen-bond acceptors (Lipinski definition) is 6. The molecule has 0 N–H and O–H groups in total. The van der Waals surface area contributed by atoms with E-state index in [-0.39, 0.29) is 13.1 Å². The minimum Gasteiger partial charge on any atom is -0.339 e. The summed E-state index contributed by atoms with van der Waals surface area (Å²) in [6.45, 7) is 2.04. The Labute approximate surface area is 179 Å². The fraction of sp³-hybridized carbons (Fsp3) is 0.333. The molecule has 164 valence electrons. The maximum Gasteiger partial charge on any atom is 0.249 e. The lowest BCUT2D eigenvalue weighted by Gasteiger charge is -2.33. The van der Waals surface area contributed by atoms with Gasteiger partial charge in [0.25, 0.3) is 0 Å². The smallest absolute Gasteiger partial charge is 0.249 e. The second-order valence-corrected chi connectivity index (χ2v) is 9.15. The van der Waals surface area contributed by atoms with Crippen molar-refractivity contribution in [2.45, 2.75) is 17.7 Å². The van der Waals surface area contributed by atoms with Crippen molar-refractivity contribution in [2.24, 2.45) is 0 Å². The van der Waals surface area contributed by atoms with E-state index in [1.807, 2.05) is 30.3 Å². The number of piperazine rings is 1. The molecule has 1 fully saturated rings. The highest BCUT2D eigenvalue weighted by atomic mass is 32.2. The molecule has 1 saturated heterocycles. The zero-order valence-corrected chi connectivity index (χ0v) is 17.6. The van der Waals surface area contributed by atoms with Gasteiger partial charge in [0.2, 0.25) is 21.7 Å². The summed E-state index contributed by atoms with van der Waals surface area (Å²) in [5.74, 6) is -1.04. The van der Waals surface area contributed by atoms with Crippen LogP contribution < -0.4 is 0 Å². The van der Waals surface area contributed by atoms with Crippen LogP contribution in [0.1, 0.15) is 12.3 Å². The van der Waals surface area contributed by atoms with E-state index in [1.165, 1.54) is 0 Å². The van der Waals surface area contributed by atoms with Crippen LogP contribution in [0.2, 0.25) is 0 Å². The normalized spacial score (nSPS) is 15.9. The van der Waals surface area contributed by atoms with Crippen molar-refractivity contribution in [1.29, 1.82) is 0 Å². The lowest BCUT2D eigenvalue weighted by molar-refractivity contribution is 0.185. The number of aryl methyl sites for hydroxylation is 1. The Morgan fingerprint density at radius 1 is 0.935 bits per heavy atom. The molecule has 0 spiro atoms. The summed E-state index contributed by atoms with van der Waals surface area (Å²) in [6, 6.07) is 12.6. The van der Waals surface area contributed by atoms with E-state index in [2.05, 4.69) is 15.0 Å². The van der Waals surface area contributed by atoms with Crippen LogP contribution in [0.15, 0.2) is 57.9 Å². The summed E-state index contributed by atoms with van der Waals surface area (Å²) in [6.07, 6.45) is 1.38. The highest BCUT2D eigenvalue weighted by molar-refractivity contribution is 7.89. The summed E-state index contributed by atoms with van der Waals surface area (Å²) in [4.78, 5) is 5.63. The van der Waals surface area contributed by atoms with Gasteiger partial charge >= 0.3 is 0 Å². The van der Waals surface area contributed by atoms with Crippen molar-refractivity contribution in [3.8, 4) is 11.4 Å². The van der Waals surface area contributed by atoms with E-state index in [0.717, 1.165) is 41.0 Å². The number of rotatable bonds is 7. The Morgan fingerprint density at radius 3 is 2.29 bits per heavy atom. The van der Waals surface area contributed by atoms with Crippen molar-refractivity contribution in [3.05, 3.63) is 66.1 Å². The second-order valence-electron chi connectivity index (χ2n) is 7.28. The van der Waals surface area contributed by atoms with Crippen LogP contribution in [0.3, 0.4) is 0 Å². The molecule has 0 unspecified atom stereocenters. The lowest BCUT2D eigenvalue weighted by atomic mass is 10.2. The third kappa shape index (κ3) is 4.81. The van der Waals surface area contributed by atoms with Crippen LogP contribution >= 0.6 is 0 Å². The molecule has 4 rings (SSSR count). The van der Waals surface area contributed by atoms with Crippen LogP contribution in [0.4, 0.5) is 8.78 Å². The zero-order valence-electron chi connectivity index (χ0n) is 16.7. The van der Waals surface area contributed by atoms with Gasteiger partial charge < -0.3 is 9.42 Å². The molecule has 0 amide bonds. The number of aromatic nitrogens is 2. The number of halogens is 2. The molecular formula is C21H22F2N4O3S. The molecule has 1 aromatic heterocycles. The van der Waals surface area contributed by atoms with Gasteiger partial charge in [-0.15, -0.1) is 0 Å². The molecule has 0 bridgehead atoms. The van der Waals surface area contributed by atoms with Crippen molar-refractivity contribution in [2.75, 3.05) is 32.7 Å². The molecule has 0 saturated carbocycles. The standard InChI is InChI=1S/C21H22F2N4O3S/c22-17-8-4-9-18(23)20(17)31(28,29)27-14-12-26(13-15-27)11-5-10-19-24-21(25-30-19)16-6-2-1-3-7-16/h1-4,6-9H,5,10-15H2. The Kier molecular flexibility index (Phi) is 6.40. The van der Waals surface area contributed by atoms with Crippen LogP contribution in [-0.4, -0.2) is 60.5 Å². The van der Waals surface area contributed by atoms with Gasteiger partial charge in [-0.2, -0.15) is 9.29 Å². The zero-order chi connectivity index (χ0) is 21.8. The first-order valence-corrected chi connectivity index (χ1v) is 11.4. The molecule has 10 heteroatoms. The molecule has 0 radical (unpaired) electrons. The average Bonchev–Trinajstić information content (AvgIpc) is 3.23. The minimum absolute atomic E-state index is 0.175. The van der Waals surface area contributed by atoms with Gasteiger partial charge in [0, 0.05) is 38.2 Å². The van der Waals surface area contributed by atoms with Gasteiger partial charge in [0.1, 0.15) is 11.6 Å². The first-order chi connectivity index (χ1) is 14.9. The van der Waals surface area contributed by atoms with Gasteiger partial charge in [-0.3, -0.25) is 0 Å². The van der Waals surface area contributed by atoms with E-state index in [0.29, 0.717) is 31.2 Å². The van der Waals surface area contributed by atoms with Crippen LogP contribution in [0.5, 0.6) is 0 Å². The molecule has 0 aliphatic carbocycles. The summed E-state index contributed by atoms with van der Waals surface area (Å²) >= 11 is 0. The lowest BCUT2D eigenvalue weighted by Crippen LogP contribution is -2.49. The minimum atomic E-state index is -4.21. The maximum atomic E-state index is 13.9. The maximum absolute atomic E-state index is 13.9. The molecule has 1 aliphatic rings. The van der Waals surface area contributed by atoms with Gasteiger partial charge in [0.15, 0.2) is 4.90 Å². The first kappa shape index (κ1) is 21.5. The van der Waals surface area contributed by atoms with Crippen molar-refractivity contribution < 1.29 is 21.7 Å². The fourth-order valence-electron chi connectivity index (χ4n) is 3.57. The third-order valence-corrected chi connectivity index (χ3v) is 7.16. The van der Waals surface area contributed by atoms with E-state index in [9.17, 15) is 17.2 Å². The summed E-state index contributed by atoms with van der Waals surface area (Å²) in [5, 5.41) is 4.00. The molecule has 2 heterocycles. The predicted molar refractivity (Wildman–Crippen MR) is 110 cm³/mol. The first-order valence-electron chi connectivity index (χ1n) is 9.99. The van der Waals surface area contributed by atoms with E-state index < -0.39 is 26.6 Å². The largest absolute Gasteiger partial charge is 0.339 e. The molecule has 7 nitrogen and oxygen atoms in total. The van der Waals surface area contributed by atoms with E-state index >= 15 is 0 Å². The average molecular weight is 448 g/mol. The van der Waals surface area contributed by atoms with Crippen molar-refractivity contribution >= 4 is 10.0 Å². The molecule has 2 aromatic carbocycles. The molecule has 31 heavy (non-hydrogen) atoms. The molecule has 0 atom stereocenters. The van der Waals surface area contributed by atoms with Crippen LogP contribution in [0.25, 0.3) is 11.4 Å². The number of sulfonamides is 1.